The third kappa shape index (κ3) is 3.35. The van der Waals surface area contributed by atoms with Gasteiger partial charge >= 0.3 is 0 Å². The highest BCUT2D eigenvalue weighted by Crippen LogP contribution is 2.25. The van der Waals surface area contributed by atoms with Crippen molar-refractivity contribution in [3.8, 4) is 0 Å². The molecule has 0 saturated carbocycles. The van der Waals surface area contributed by atoms with Crippen LogP contribution in [-0.4, -0.2) is 42.4 Å². The van der Waals surface area contributed by atoms with Gasteiger partial charge in [0.25, 0.3) is 0 Å². The molecule has 0 aliphatic carbocycles. The van der Waals surface area contributed by atoms with Crippen molar-refractivity contribution < 1.29 is 9.59 Å². The molecule has 2 N–H and O–H groups in total. The number of carbonyl (C=O) groups is 2. The Morgan fingerprint density at radius 2 is 2.10 bits per heavy atom. The van der Waals surface area contributed by atoms with Crippen LogP contribution >= 0.6 is 0 Å². The average Bonchev–Trinajstić information content (AvgIpc) is 2.53. The molecule has 2 aliphatic heterocycles. The van der Waals surface area contributed by atoms with Gasteiger partial charge in [-0.05, 0) is 30.9 Å². The molecule has 2 atom stereocenters. The van der Waals surface area contributed by atoms with E-state index in [2.05, 4.69) is 10.6 Å². The van der Waals surface area contributed by atoms with Crippen LogP contribution in [0.5, 0.6) is 0 Å². The predicted octanol–water partition coefficient (Wildman–Crippen LogP) is 1.23. The monoisotopic (exact) mass is 287 g/mol. The summed E-state index contributed by atoms with van der Waals surface area (Å²) in [7, 11) is 0. The van der Waals surface area contributed by atoms with Crippen LogP contribution in [0.2, 0.25) is 0 Å². The van der Waals surface area contributed by atoms with E-state index in [1.165, 1.54) is 0 Å². The van der Waals surface area contributed by atoms with E-state index in [1.54, 1.807) is 0 Å². The number of carbonyl (C=O) groups excluding carboxylic acids is 2. The Labute approximate surface area is 124 Å². The van der Waals surface area contributed by atoms with Crippen molar-refractivity contribution in [3.05, 3.63) is 30.3 Å². The molecule has 0 aromatic heterocycles. The number of amides is 2. The third-order valence-corrected chi connectivity index (χ3v) is 4.39. The lowest BCUT2D eigenvalue weighted by Gasteiger charge is -2.41. The number of hydrogen-bond acceptors (Lipinski definition) is 3. The summed E-state index contributed by atoms with van der Waals surface area (Å²) < 4.78 is 0. The molecule has 2 amide bonds. The summed E-state index contributed by atoms with van der Waals surface area (Å²) in [5.74, 6) is 0.702. The molecule has 2 saturated heterocycles. The number of nitrogens with one attached hydrogen (secondary N) is 2. The summed E-state index contributed by atoms with van der Waals surface area (Å²) in [5, 5.41) is 6.20. The standard InChI is InChI=1S/C16H21N3O2/c20-15-7-6-12-11-19(9-8-14(12)18-15)16(21)10-17-13-4-2-1-3-5-13/h1-5,12,14,17H,6-11H2,(H,18,20). The molecule has 1 aromatic carbocycles. The zero-order valence-corrected chi connectivity index (χ0v) is 12.0. The van der Waals surface area contributed by atoms with Crippen molar-refractivity contribution in [2.45, 2.75) is 25.3 Å². The molecule has 3 rings (SSSR count). The largest absolute Gasteiger partial charge is 0.376 e. The van der Waals surface area contributed by atoms with Crippen LogP contribution in [0.1, 0.15) is 19.3 Å². The fourth-order valence-electron chi connectivity index (χ4n) is 3.18. The first-order valence-electron chi connectivity index (χ1n) is 7.58. The molecular formula is C16H21N3O2. The van der Waals surface area contributed by atoms with E-state index in [0.29, 0.717) is 18.9 Å². The number of fused-ring (bicyclic) bond motifs is 1. The third-order valence-electron chi connectivity index (χ3n) is 4.39. The number of hydrogen-bond donors (Lipinski definition) is 2. The van der Waals surface area contributed by atoms with Crippen molar-refractivity contribution >= 4 is 17.5 Å². The van der Waals surface area contributed by atoms with E-state index >= 15 is 0 Å². The highest BCUT2D eigenvalue weighted by atomic mass is 16.2. The van der Waals surface area contributed by atoms with Gasteiger partial charge < -0.3 is 15.5 Å². The molecule has 21 heavy (non-hydrogen) atoms. The minimum absolute atomic E-state index is 0.134. The molecule has 2 aliphatic rings. The SMILES string of the molecule is O=C1CCC2CN(C(=O)CNc3ccccc3)CCC2N1. The Hall–Kier alpha value is -2.04. The molecule has 5 heteroatoms. The normalized spacial score (nSPS) is 25.0. The molecule has 0 bridgehead atoms. The van der Waals surface area contributed by atoms with Gasteiger partial charge in [0.15, 0.2) is 0 Å². The smallest absolute Gasteiger partial charge is 0.241 e. The Bertz CT molecular complexity index is 518. The van der Waals surface area contributed by atoms with Crippen LogP contribution in [-0.2, 0) is 9.59 Å². The van der Waals surface area contributed by atoms with Crippen molar-refractivity contribution in [2.75, 3.05) is 25.0 Å². The lowest BCUT2D eigenvalue weighted by Crippen LogP contribution is -2.55. The Kier molecular flexibility index (Phi) is 4.08. The van der Waals surface area contributed by atoms with Crippen LogP contribution in [0.4, 0.5) is 5.69 Å². The van der Waals surface area contributed by atoms with Gasteiger partial charge in [-0.2, -0.15) is 0 Å². The summed E-state index contributed by atoms with van der Waals surface area (Å²) in [4.78, 5) is 25.6. The van der Waals surface area contributed by atoms with E-state index in [0.717, 1.165) is 31.6 Å². The predicted molar refractivity (Wildman–Crippen MR) is 80.8 cm³/mol. The highest BCUT2D eigenvalue weighted by molar-refractivity contribution is 5.81. The molecule has 2 heterocycles. The number of rotatable bonds is 3. The summed E-state index contributed by atoms with van der Waals surface area (Å²) in [6.07, 6.45) is 2.35. The zero-order valence-electron chi connectivity index (χ0n) is 12.0. The molecule has 0 spiro atoms. The second-order valence-electron chi connectivity index (χ2n) is 5.82. The number of nitrogens with zero attached hydrogens (tertiary/aromatic N) is 1. The fourth-order valence-corrected chi connectivity index (χ4v) is 3.18. The maximum Gasteiger partial charge on any atom is 0.241 e. The van der Waals surface area contributed by atoms with Gasteiger partial charge in [-0.1, -0.05) is 18.2 Å². The number of likely N-dealkylation sites (tertiary alicyclic amines) is 1. The molecule has 5 nitrogen and oxygen atoms in total. The number of piperidine rings is 2. The first kappa shape index (κ1) is 13.9. The van der Waals surface area contributed by atoms with E-state index in [9.17, 15) is 9.59 Å². The zero-order chi connectivity index (χ0) is 14.7. The maximum absolute atomic E-state index is 12.3. The van der Waals surface area contributed by atoms with Crippen LogP contribution in [0.15, 0.2) is 30.3 Å². The van der Waals surface area contributed by atoms with Crippen molar-refractivity contribution in [3.63, 3.8) is 0 Å². The van der Waals surface area contributed by atoms with Gasteiger partial charge in [-0.25, -0.2) is 0 Å². The van der Waals surface area contributed by atoms with Crippen molar-refractivity contribution in [1.82, 2.24) is 10.2 Å². The number of benzene rings is 1. The van der Waals surface area contributed by atoms with Gasteiger partial charge in [0, 0.05) is 31.2 Å². The van der Waals surface area contributed by atoms with Gasteiger partial charge in [-0.3, -0.25) is 9.59 Å². The van der Waals surface area contributed by atoms with Crippen molar-refractivity contribution in [2.24, 2.45) is 5.92 Å². The molecule has 2 unspecified atom stereocenters. The van der Waals surface area contributed by atoms with E-state index in [-0.39, 0.29) is 17.9 Å². The van der Waals surface area contributed by atoms with Crippen LogP contribution < -0.4 is 10.6 Å². The molecule has 2 fully saturated rings. The second-order valence-corrected chi connectivity index (χ2v) is 5.82. The Balaban J connectivity index is 1.51. The lowest BCUT2D eigenvalue weighted by atomic mass is 9.85. The average molecular weight is 287 g/mol. The van der Waals surface area contributed by atoms with Gasteiger partial charge in [0.1, 0.15) is 0 Å². The summed E-state index contributed by atoms with van der Waals surface area (Å²) in [6.45, 7) is 1.82. The number of anilines is 1. The lowest BCUT2D eigenvalue weighted by molar-refractivity contribution is -0.133. The van der Waals surface area contributed by atoms with Gasteiger partial charge in [-0.15, -0.1) is 0 Å². The summed E-state index contributed by atoms with van der Waals surface area (Å²) >= 11 is 0. The van der Waals surface area contributed by atoms with E-state index in [1.807, 2.05) is 35.2 Å². The molecule has 0 radical (unpaired) electrons. The molecule has 112 valence electrons. The summed E-state index contributed by atoms with van der Waals surface area (Å²) in [6, 6.07) is 10.0. The minimum Gasteiger partial charge on any atom is -0.376 e. The Morgan fingerprint density at radius 3 is 2.90 bits per heavy atom. The van der Waals surface area contributed by atoms with E-state index in [4.69, 9.17) is 0 Å². The van der Waals surface area contributed by atoms with Crippen LogP contribution in [0.25, 0.3) is 0 Å². The number of para-hydroxylation sites is 1. The van der Waals surface area contributed by atoms with Gasteiger partial charge in [0.05, 0.1) is 6.54 Å². The highest BCUT2D eigenvalue weighted by Gasteiger charge is 2.34. The molecular weight excluding hydrogens is 266 g/mol. The topological polar surface area (TPSA) is 61.4 Å². The first-order valence-corrected chi connectivity index (χ1v) is 7.58. The first-order chi connectivity index (χ1) is 10.2. The fraction of sp³-hybridized carbons (Fsp3) is 0.500. The van der Waals surface area contributed by atoms with Gasteiger partial charge in [0.2, 0.25) is 11.8 Å². The summed E-state index contributed by atoms with van der Waals surface area (Å²) in [5.41, 5.74) is 0.964. The maximum atomic E-state index is 12.3. The Morgan fingerprint density at radius 1 is 1.29 bits per heavy atom. The quantitative estimate of drug-likeness (QED) is 0.879. The minimum atomic E-state index is 0.134. The van der Waals surface area contributed by atoms with Crippen LogP contribution in [0, 0.1) is 5.92 Å². The molecule has 1 aromatic rings. The van der Waals surface area contributed by atoms with E-state index < -0.39 is 0 Å². The van der Waals surface area contributed by atoms with Crippen LogP contribution in [0.3, 0.4) is 0 Å². The van der Waals surface area contributed by atoms with Crippen molar-refractivity contribution in [1.29, 1.82) is 0 Å². The second kappa shape index (κ2) is 6.16.